The second-order valence-electron chi connectivity index (χ2n) is 4.05. The maximum atomic E-state index is 12.1. The minimum absolute atomic E-state index is 0.106. The number of nitrogens with one attached hydrogen (secondary N) is 1. The molecule has 1 aromatic carbocycles. The first kappa shape index (κ1) is 13.3. The lowest BCUT2D eigenvalue weighted by Crippen LogP contribution is -2.20. The Balaban J connectivity index is 2.03. The van der Waals surface area contributed by atoms with Crippen molar-refractivity contribution in [1.82, 2.24) is 10.2 Å². The van der Waals surface area contributed by atoms with Crippen molar-refractivity contribution in [2.24, 2.45) is 0 Å². The van der Waals surface area contributed by atoms with Gasteiger partial charge in [0.2, 0.25) is 5.13 Å². The van der Waals surface area contributed by atoms with Crippen molar-refractivity contribution in [2.75, 3.05) is 12.4 Å². The fourth-order valence-corrected chi connectivity index (χ4v) is 2.22. The lowest BCUT2D eigenvalue weighted by atomic mass is 10.1. The minimum atomic E-state index is -0.713. The van der Waals surface area contributed by atoms with Crippen molar-refractivity contribution in [3.8, 4) is 5.75 Å². The van der Waals surface area contributed by atoms with Gasteiger partial charge in [0.15, 0.2) is 0 Å². The second-order valence-corrected chi connectivity index (χ2v) is 4.88. The third-order valence-electron chi connectivity index (χ3n) is 2.76. The summed E-state index contributed by atoms with van der Waals surface area (Å²) in [5.41, 5.74) is 1.04. The van der Waals surface area contributed by atoms with Crippen molar-refractivity contribution in [1.29, 1.82) is 0 Å². The third-order valence-corrected chi connectivity index (χ3v) is 3.37. The summed E-state index contributed by atoms with van der Waals surface area (Å²) in [7, 11) is 1.53. The van der Waals surface area contributed by atoms with E-state index in [9.17, 15) is 9.59 Å². The smallest absolute Gasteiger partial charge is 0.349 e. The number of methoxy groups -OCH3 is 1. The Bertz CT molecular complexity index is 857. The first-order chi connectivity index (χ1) is 10.2. The van der Waals surface area contributed by atoms with Crippen molar-refractivity contribution >= 4 is 33.3 Å². The topological polar surface area (TPSA) is 94.3 Å². The van der Waals surface area contributed by atoms with Gasteiger partial charge in [-0.05, 0) is 24.3 Å². The first-order valence-electron chi connectivity index (χ1n) is 5.87. The zero-order chi connectivity index (χ0) is 14.8. The van der Waals surface area contributed by atoms with Gasteiger partial charge < -0.3 is 9.15 Å². The summed E-state index contributed by atoms with van der Waals surface area (Å²) in [6.45, 7) is 0. The van der Waals surface area contributed by atoms with Crippen LogP contribution >= 0.6 is 11.3 Å². The molecule has 7 nitrogen and oxygen atoms in total. The van der Waals surface area contributed by atoms with Crippen LogP contribution in [0.5, 0.6) is 5.75 Å². The molecular formula is C13H9N3O4S. The molecule has 1 amide bonds. The molecule has 1 N–H and O–H groups in total. The molecule has 0 unspecified atom stereocenters. The van der Waals surface area contributed by atoms with Crippen LogP contribution in [-0.2, 0) is 0 Å². The Morgan fingerprint density at radius 2 is 2.24 bits per heavy atom. The van der Waals surface area contributed by atoms with E-state index in [0.717, 1.165) is 11.3 Å². The lowest BCUT2D eigenvalue weighted by molar-refractivity contribution is 0.102. The number of carbonyl (C=O) groups is 1. The van der Waals surface area contributed by atoms with Crippen molar-refractivity contribution < 1.29 is 13.9 Å². The van der Waals surface area contributed by atoms with Gasteiger partial charge in [0.1, 0.15) is 22.4 Å². The maximum absolute atomic E-state index is 12.1. The molecule has 0 aliphatic heterocycles. The number of hydrogen-bond donors (Lipinski definition) is 1. The molecule has 0 aliphatic rings. The van der Waals surface area contributed by atoms with Crippen molar-refractivity contribution in [3.05, 3.63) is 45.8 Å². The average molecular weight is 303 g/mol. The fraction of sp³-hybridized carbons (Fsp3) is 0.0769. The van der Waals surface area contributed by atoms with Gasteiger partial charge in [-0.1, -0.05) is 11.3 Å². The largest absolute Gasteiger partial charge is 0.497 e. The van der Waals surface area contributed by atoms with Crippen LogP contribution in [0.15, 0.2) is 39.0 Å². The Labute approximate surface area is 122 Å². The zero-order valence-corrected chi connectivity index (χ0v) is 11.6. The maximum Gasteiger partial charge on any atom is 0.349 e. The highest BCUT2D eigenvalue weighted by atomic mass is 32.1. The van der Waals surface area contributed by atoms with Gasteiger partial charge in [-0.2, -0.15) is 0 Å². The summed E-state index contributed by atoms with van der Waals surface area (Å²) in [6, 6.07) is 6.42. The van der Waals surface area contributed by atoms with E-state index in [2.05, 4.69) is 15.5 Å². The summed E-state index contributed by atoms with van der Waals surface area (Å²) < 4.78 is 10.2. The van der Waals surface area contributed by atoms with E-state index in [1.807, 2.05) is 0 Å². The molecule has 0 saturated heterocycles. The van der Waals surface area contributed by atoms with Gasteiger partial charge in [-0.25, -0.2) is 4.79 Å². The van der Waals surface area contributed by atoms with Crippen LogP contribution in [0, 0.1) is 0 Å². The van der Waals surface area contributed by atoms with Crippen LogP contribution in [0.25, 0.3) is 11.0 Å². The molecule has 8 heteroatoms. The number of rotatable bonds is 3. The van der Waals surface area contributed by atoms with Crippen LogP contribution < -0.4 is 15.7 Å². The molecule has 3 rings (SSSR count). The molecule has 0 fully saturated rings. The normalized spacial score (nSPS) is 10.5. The summed E-state index contributed by atoms with van der Waals surface area (Å²) in [4.78, 5) is 23.9. The monoisotopic (exact) mass is 303 g/mol. The Hall–Kier alpha value is -2.74. The van der Waals surface area contributed by atoms with Gasteiger partial charge in [0, 0.05) is 5.39 Å². The third kappa shape index (κ3) is 2.61. The number of carbonyl (C=O) groups excluding carboxylic acids is 1. The molecule has 2 aromatic heterocycles. The number of hydrogen-bond acceptors (Lipinski definition) is 7. The minimum Gasteiger partial charge on any atom is -0.497 e. The standard InChI is InChI=1S/C13H9N3O4S/c1-19-8-2-3-10-7(4-8)5-9(12(18)20-10)11(17)15-13-16-14-6-21-13/h2-6H,1H3,(H,15,16,17). The van der Waals surface area contributed by atoms with Gasteiger partial charge in [-0.15, -0.1) is 10.2 Å². The molecule has 0 radical (unpaired) electrons. The second kappa shape index (κ2) is 5.33. The van der Waals surface area contributed by atoms with E-state index >= 15 is 0 Å². The van der Waals surface area contributed by atoms with Crippen LogP contribution in [0.1, 0.15) is 10.4 Å². The number of ether oxygens (including phenoxy) is 1. The average Bonchev–Trinajstić information content (AvgIpc) is 2.98. The molecule has 2 heterocycles. The van der Waals surface area contributed by atoms with Crippen molar-refractivity contribution in [3.63, 3.8) is 0 Å². The Morgan fingerprint density at radius 1 is 1.38 bits per heavy atom. The molecule has 3 aromatic rings. The summed E-state index contributed by atoms with van der Waals surface area (Å²) in [5, 5.41) is 10.7. The number of aromatic nitrogens is 2. The van der Waals surface area contributed by atoms with E-state index in [0.29, 0.717) is 21.9 Å². The number of nitrogens with zero attached hydrogens (tertiary/aromatic N) is 2. The van der Waals surface area contributed by atoms with Crippen molar-refractivity contribution in [2.45, 2.75) is 0 Å². The van der Waals surface area contributed by atoms with Gasteiger partial charge in [0.05, 0.1) is 7.11 Å². The van der Waals surface area contributed by atoms with E-state index in [1.165, 1.54) is 18.7 Å². The van der Waals surface area contributed by atoms with Crippen LogP contribution in [0.3, 0.4) is 0 Å². The molecule has 21 heavy (non-hydrogen) atoms. The van der Waals surface area contributed by atoms with E-state index in [-0.39, 0.29) is 5.56 Å². The number of anilines is 1. The van der Waals surface area contributed by atoms with Gasteiger partial charge in [-0.3, -0.25) is 10.1 Å². The molecule has 0 spiro atoms. The Morgan fingerprint density at radius 3 is 2.95 bits per heavy atom. The highest BCUT2D eigenvalue weighted by Gasteiger charge is 2.15. The van der Waals surface area contributed by atoms with Gasteiger partial charge in [0.25, 0.3) is 5.91 Å². The van der Waals surface area contributed by atoms with Crippen LogP contribution in [0.4, 0.5) is 5.13 Å². The summed E-state index contributed by atoms with van der Waals surface area (Å²) in [5.74, 6) is 0.0112. The number of fused-ring (bicyclic) bond motifs is 1. The predicted molar refractivity (Wildman–Crippen MR) is 76.9 cm³/mol. The molecule has 106 valence electrons. The summed E-state index contributed by atoms with van der Waals surface area (Å²) >= 11 is 1.15. The van der Waals surface area contributed by atoms with E-state index in [1.54, 1.807) is 18.2 Å². The predicted octanol–water partition coefficient (Wildman–Crippen LogP) is 1.91. The quantitative estimate of drug-likeness (QED) is 0.743. The Kier molecular flexibility index (Phi) is 3.36. The molecule has 0 saturated carbocycles. The number of amides is 1. The van der Waals surface area contributed by atoms with Gasteiger partial charge >= 0.3 is 5.63 Å². The van der Waals surface area contributed by atoms with Crippen LogP contribution in [-0.4, -0.2) is 23.2 Å². The summed E-state index contributed by atoms with van der Waals surface area (Å²) in [6.07, 6.45) is 0. The fourth-order valence-electron chi connectivity index (χ4n) is 1.78. The highest BCUT2D eigenvalue weighted by molar-refractivity contribution is 7.13. The SMILES string of the molecule is COc1ccc2oc(=O)c(C(=O)Nc3nncs3)cc2c1. The molecular weight excluding hydrogens is 294 g/mol. The van der Waals surface area contributed by atoms with E-state index in [4.69, 9.17) is 9.15 Å². The molecule has 0 bridgehead atoms. The zero-order valence-electron chi connectivity index (χ0n) is 10.8. The molecule has 0 atom stereocenters. The highest BCUT2D eigenvalue weighted by Crippen LogP contribution is 2.20. The number of benzene rings is 1. The lowest BCUT2D eigenvalue weighted by Gasteiger charge is -2.04. The first-order valence-corrected chi connectivity index (χ1v) is 6.75. The van der Waals surface area contributed by atoms with E-state index < -0.39 is 11.5 Å². The molecule has 0 aliphatic carbocycles. The van der Waals surface area contributed by atoms with Crippen LogP contribution in [0.2, 0.25) is 0 Å².